The Morgan fingerprint density at radius 1 is 1.00 bits per heavy atom. The fourth-order valence-electron chi connectivity index (χ4n) is 2.29. The Morgan fingerprint density at radius 2 is 1.67 bits per heavy atom. The Balaban J connectivity index is 1.63. The second-order valence-corrected chi connectivity index (χ2v) is 6.39. The molecule has 0 bridgehead atoms. The van der Waals surface area contributed by atoms with Gasteiger partial charge in [-0.2, -0.15) is 5.10 Å². The summed E-state index contributed by atoms with van der Waals surface area (Å²) in [5.74, 6) is 0.393. The molecular weight excluding hydrogens is 412 g/mol. The summed E-state index contributed by atoms with van der Waals surface area (Å²) in [5.41, 5.74) is 4.22. The zero-order valence-electron chi connectivity index (χ0n) is 14.3. The van der Waals surface area contributed by atoms with E-state index in [0.717, 1.165) is 10.0 Å². The van der Waals surface area contributed by atoms with Crippen LogP contribution in [-0.2, 0) is 4.74 Å². The van der Waals surface area contributed by atoms with Crippen molar-refractivity contribution in [2.75, 3.05) is 7.11 Å². The van der Waals surface area contributed by atoms with E-state index in [9.17, 15) is 9.59 Å². The van der Waals surface area contributed by atoms with Crippen LogP contribution < -0.4 is 5.43 Å². The Bertz CT molecular complexity index is 976. The van der Waals surface area contributed by atoms with Gasteiger partial charge in [0, 0.05) is 15.6 Å². The van der Waals surface area contributed by atoms with Crippen LogP contribution in [0.2, 0.25) is 0 Å². The average molecular weight is 427 g/mol. The number of carbonyl (C=O) groups is 2. The summed E-state index contributed by atoms with van der Waals surface area (Å²) in [5, 5.41) is 3.90. The van der Waals surface area contributed by atoms with Crippen molar-refractivity contribution in [2.45, 2.75) is 0 Å². The second kappa shape index (κ2) is 8.46. The molecule has 3 rings (SSSR count). The molecule has 0 saturated heterocycles. The molecule has 7 heteroatoms. The molecule has 0 aliphatic carbocycles. The molecule has 0 radical (unpaired) electrons. The van der Waals surface area contributed by atoms with Gasteiger partial charge in [-0.1, -0.05) is 28.1 Å². The third kappa shape index (κ3) is 4.71. The lowest BCUT2D eigenvalue weighted by Gasteiger charge is -2.00. The first-order valence-electron chi connectivity index (χ1n) is 7.94. The second-order valence-electron chi connectivity index (χ2n) is 5.48. The number of nitrogens with one attached hydrogen (secondary N) is 1. The van der Waals surface area contributed by atoms with Gasteiger partial charge >= 0.3 is 5.97 Å². The fraction of sp³-hybridized carbons (Fsp3) is 0.0500. The van der Waals surface area contributed by atoms with Gasteiger partial charge in [0.1, 0.15) is 11.5 Å². The Morgan fingerprint density at radius 3 is 2.33 bits per heavy atom. The van der Waals surface area contributed by atoms with Crippen LogP contribution in [0.25, 0.3) is 11.3 Å². The average Bonchev–Trinajstić information content (AvgIpc) is 3.17. The highest BCUT2D eigenvalue weighted by Gasteiger charge is 2.08. The van der Waals surface area contributed by atoms with E-state index < -0.39 is 5.97 Å². The van der Waals surface area contributed by atoms with Crippen molar-refractivity contribution in [3.05, 3.63) is 82.0 Å². The van der Waals surface area contributed by atoms with E-state index in [-0.39, 0.29) is 5.91 Å². The van der Waals surface area contributed by atoms with Gasteiger partial charge in [0.05, 0.1) is 18.9 Å². The minimum atomic E-state index is -0.393. The Hall–Kier alpha value is -3.19. The molecule has 0 aliphatic rings. The first kappa shape index (κ1) is 18.6. The van der Waals surface area contributed by atoms with E-state index in [0.29, 0.717) is 22.6 Å². The summed E-state index contributed by atoms with van der Waals surface area (Å²) in [4.78, 5) is 23.4. The predicted octanol–water partition coefficient (Wildman–Crippen LogP) is 4.26. The van der Waals surface area contributed by atoms with Crippen LogP contribution in [-0.4, -0.2) is 25.2 Å². The topological polar surface area (TPSA) is 80.9 Å². The maximum atomic E-state index is 12.0. The van der Waals surface area contributed by atoms with E-state index in [2.05, 4.69) is 31.2 Å². The summed E-state index contributed by atoms with van der Waals surface area (Å²) in [6, 6.07) is 17.3. The number of hydrogen-bond acceptors (Lipinski definition) is 5. The summed E-state index contributed by atoms with van der Waals surface area (Å²) in [7, 11) is 1.34. The number of ether oxygens (including phenoxy) is 1. The van der Waals surface area contributed by atoms with Crippen LogP contribution >= 0.6 is 15.9 Å². The lowest BCUT2D eigenvalue weighted by atomic mass is 10.1. The monoisotopic (exact) mass is 426 g/mol. The summed E-state index contributed by atoms with van der Waals surface area (Å²) in [6.07, 6.45) is 1.42. The highest BCUT2D eigenvalue weighted by Crippen LogP contribution is 2.22. The van der Waals surface area contributed by atoms with Crippen LogP contribution in [0, 0.1) is 0 Å². The highest BCUT2D eigenvalue weighted by atomic mass is 79.9. The summed E-state index contributed by atoms with van der Waals surface area (Å²) >= 11 is 3.32. The smallest absolute Gasteiger partial charge is 0.337 e. The molecule has 0 saturated carbocycles. The molecule has 6 nitrogen and oxygen atoms in total. The molecule has 1 heterocycles. The van der Waals surface area contributed by atoms with Crippen molar-refractivity contribution >= 4 is 34.0 Å². The van der Waals surface area contributed by atoms with Gasteiger partial charge in [0.2, 0.25) is 0 Å². The third-order valence-corrected chi connectivity index (χ3v) is 4.21. The quantitative estimate of drug-likeness (QED) is 0.375. The van der Waals surface area contributed by atoms with Gasteiger partial charge in [-0.25, -0.2) is 10.2 Å². The third-order valence-electron chi connectivity index (χ3n) is 3.68. The highest BCUT2D eigenvalue weighted by molar-refractivity contribution is 9.10. The van der Waals surface area contributed by atoms with Gasteiger partial charge < -0.3 is 9.15 Å². The lowest BCUT2D eigenvalue weighted by Crippen LogP contribution is -2.17. The molecule has 27 heavy (non-hydrogen) atoms. The van der Waals surface area contributed by atoms with Crippen molar-refractivity contribution in [1.29, 1.82) is 0 Å². The number of halogens is 1. The number of rotatable bonds is 5. The number of carbonyl (C=O) groups excluding carboxylic acids is 2. The molecule has 0 spiro atoms. The number of hydrogen-bond donors (Lipinski definition) is 1. The van der Waals surface area contributed by atoms with Gasteiger partial charge in [-0.15, -0.1) is 0 Å². The molecule has 0 fully saturated rings. The van der Waals surface area contributed by atoms with Crippen LogP contribution in [0.4, 0.5) is 0 Å². The van der Waals surface area contributed by atoms with E-state index in [1.165, 1.54) is 13.3 Å². The van der Waals surface area contributed by atoms with Crippen molar-refractivity contribution in [2.24, 2.45) is 5.10 Å². The predicted molar refractivity (Wildman–Crippen MR) is 105 cm³/mol. The maximum absolute atomic E-state index is 12.0. The SMILES string of the molecule is COC(=O)c1ccc(-c2ccc(C=NNC(=O)c3ccc(Br)cc3)o2)cc1. The van der Waals surface area contributed by atoms with Gasteiger partial charge in [0.25, 0.3) is 5.91 Å². The Labute approximate surface area is 164 Å². The number of methoxy groups -OCH3 is 1. The molecule has 3 aromatic rings. The van der Waals surface area contributed by atoms with Gasteiger partial charge in [-0.05, 0) is 48.5 Å². The molecule has 1 N–H and O–H groups in total. The number of hydrazone groups is 1. The first-order chi connectivity index (χ1) is 13.1. The van der Waals surface area contributed by atoms with Crippen LogP contribution in [0.3, 0.4) is 0 Å². The molecule has 0 unspecified atom stereocenters. The minimum Gasteiger partial charge on any atom is -0.465 e. The molecule has 136 valence electrons. The van der Waals surface area contributed by atoms with E-state index >= 15 is 0 Å². The zero-order valence-corrected chi connectivity index (χ0v) is 15.9. The van der Waals surface area contributed by atoms with E-state index in [4.69, 9.17) is 4.42 Å². The van der Waals surface area contributed by atoms with Crippen molar-refractivity contribution < 1.29 is 18.7 Å². The number of esters is 1. The lowest BCUT2D eigenvalue weighted by molar-refractivity contribution is 0.0600. The van der Waals surface area contributed by atoms with Crippen LogP contribution in [0.15, 0.2) is 74.7 Å². The molecule has 0 aliphatic heterocycles. The number of amides is 1. The molecular formula is C20H15BrN2O4. The summed E-state index contributed by atoms with van der Waals surface area (Å²) in [6.45, 7) is 0. The normalized spacial score (nSPS) is 10.7. The van der Waals surface area contributed by atoms with Crippen molar-refractivity contribution in [3.63, 3.8) is 0 Å². The largest absolute Gasteiger partial charge is 0.465 e. The van der Waals surface area contributed by atoms with Crippen LogP contribution in [0.5, 0.6) is 0 Å². The minimum absolute atomic E-state index is 0.316. The maximum Gasteiger partial charge on any atom is 0.337 e. The van der Waals surface area contributed by atoms with Crippen molar-refractivity contribution in [1.82, 2.24) is 5.43 Å². The number of nitrogens with zero attached hydrogens (tertiary/aromatic N) is 1. The number of benzene rings is 2. The molecule has 2 aromatic carbocycles. The standard InChI is InChI=1S/C20H15BrN2O4/c1-26-20(25)15-4-2-13(3-5-15)18-11-10-17(27-18)12-22-23-19(24)14-6-8-16(21)9-7-14/h2-12H,1H3,(H,23,24). The zero-order chi connectivity index (χ0) is 19.2. The van der Waals surface area contributed by atoms with E-state index in [1.807, 2.05) is 0 Å². The summed E-state index contributed by atoms with van der Waals surface area (Å²) < 4.78 is 11.2. The van der Waals surface area contributed by atoms with Crippen molar-refractivity contribution in [3.8, 4) is 11.3 Å². The Kier molecular flexibility index (Phi) is 5.83. The molecule has 1 aromatic heterocycles. The first-order valence-corrected chi connectivity index (χ1v) is 8.73. The van der Waals surface area contributed by atoms with Crippen LogP contribution in [0.1, 0.15) is 26.5 Å². The number of furan rings is 1. The molecule has 1 amide bonds. The fourth-order valence-corrected chi connectivity index (χ4v) is 2.55. The van der Waals surface area contributed by atoms with E-state index in [1.54, 1.807) is 60.7 Å². The molecule has 0 atom stereocenters. The van der Waals surface area contributed by atoms with Gasteiger partial charge in [0.15, 0.2) is 0 Å². The van der Waals surface area contributed by atoms with Gasteiger partial charge in [-0.3, -0.25) is 4.79 Å².